The molecule has 0 N–H and O–H groups in total. The summed E-state index contributed by atoms with van der Waals surface area (Å²) in [6.45, 7) is 9.52. The first-order valence-corrected chi connectivity index (χ1v) is 17.9. The number of unbranched alkanes of at least 4 members (excludes halogenated alkanes) is 3. The Hall–Kier alpha value is -1.56. The van der Waals surface area contributed by atoms with Crippen LogP contribution in [0, 0.1) is 0 Å². The van der Waals surface area contributed by atoms with Crippen LogP contribution in [0.3, 0.4) is 0 Å². The van der Waals surface area contributed by atoms with Gasteiger partial charge in [-0.15, -0.1) is 0 Å². The van der Waals surface area contributed by atoms with Crippen molar-refractivity contribution in [3.8, 4) is 0 Å². The molecule has 0 radical (unpaired) electrons. The molecule has 0 bridgehead atoms. The highest BCUT2D eigenvalue weighted by atomic mass is 14.3. The second kappa shape index (κ2) is 16.8. The average molecular weight is 543 g/mol. The van der Waals surface area contributed by atoms with Gasteiger partial charge in [-0.05, 0) is 121 Å². The molecule has 2 fully saturated rings. The van der Waals surface area contributed by atoms with E-state index in [-0.39, 0.29) is 0 Å². The lowest BCUT2D eigenvalue weighted by Crippen LogP contribution is -2.09. The van der Waals surface area contributed by atoms with E-state index in [2.05, 4.69) is 64.1 Å². The van der Waals surface area contributed by atoms with Crippen molar-refractivity contribution in [2.45, 2.75) is 180 Å². The normalized spacial score (nSPS) is 18.6. The fraction of sp³-hybridized carbons (Fsp3) is 0.700. The van der Waals surface area contributed by atoms with Gasteiger partial charge >= 0.3 is 0 Å². The van der Waals surface area contributed by atoms with E-state index in [1.165, 1.54) is 128 Å². The van der Waals surface area contributed by atoms with Gasteiger partial charge in [0.15, 0.2) is 0 Å². The molecule has 2 aliphatic rings. The summed E-state index contributed by atoms with van der Waals surface area (Å²) in [5, 5.41) is 0. The third-order valence-electron chi connectivity index (χ3n) is 10.7. The molecular weight excluding hydrogens is 480 g/mol. The third kappa shape index (κ3) is 8.97. The maximum atomic E-state index is 2.64. The fourth-order valence-corrected chi connectivity index (χ4v) is 8.07. The quantitative estimate of drug-likeness (QED) is 0.196. The molecule has 0 nitrogen and oxygen atoms in total. The summed E-state index contributed by atoms with van der Waals surface area (Å²) in [6.07, 6.45) is 27.5. The van der Waals surface area contributed by atoms with Gasteiger partial charge in [0.05, 0.1) is 0 Å². The zero-order valence-electron chi connectivity index (χ0n) is 26.9. The first-order valence-electron chi connectivity index (χ1n) is 17.9. The SMILES string of the molecule is CCCC(C)c1ccc(CCCCCCc2ccc(C(C)CCC)cc2C2CCCCC2)c(C2CCCCC2)c1. The van der Waals surface area contributed by atoms with Gasteiger partial charge < -0.3 is 0 Å². The molecule has 0 heterocycles. The molecule has 222 valence electrons. The van der Waals surface area contributed by atoms with Crippen LogP contribution < -0.4 is 0 Å². The number of rotatable bonds is 15. The minimum Gasteiger partial charge on any atom is -0.0654 e. The molecule has 0 spiro atoms. The van der Waals surface area contributed by atoms with Crippen LogP contribution >= 0.6 is 0 Å². The topological polar surface area (TPSA) is 0 Å². The molecule has 0 saturated heterocycles. The van der Waals surface area contributed by atoms with E-state index in [4.69, 9.17) is 0 Å². The summed E-state index contributed by atoms with van der Waals surface area (Å²) in [4.78, 5) is 0. The first-order chi connectivity index (χ1) is 19.6. The highest BCUT2D eigenvalue weighted by Crippen LogP contribution is 2.38. The summed E-state index contributed by atoms with van der Waals surface area (Å²) in [6, 6.07) is 15.3. The van der Waals surface area contributed by atoms with Crippen LogP contribution in [0.2, 0.25) is 0 Å². The molecule has 40 heavy (non-hydrogen) atoms. The van der Waals surface area contributed by atoms with Gasteiger partial charge in [0.25, 0.3) is 0 Å². The van der Waals surface area contributed by atoms with Crippen molar-refractivity contribution in [2.75, 3.05) is 0 Å². The molecule has 2 atom stereocenters. The van der Waals surface area contributed by atoms with E-state index in [0.717, 1.165) is 11.8 Å². The summed E-state index contributed by atoms with van der Waals surface area (Å²) < 4.78 is 0. The fourth-order valence-electron chi connectivity index (χ4n) is 8.07. The Morgan fingerprint density at radius 1 is 0.550 bits per heavy atom. The van der Waals surface area contributed by atoms with Gasteiger partial charge in [-0.2, -0.15) is 0 Å². The Balaban J connectivity index is 1.32. The first kappa shape index (κ1) is 31.4. The zero-order chi connectivity index (χ0) is 28.2. The molecular formula is C40H62. The van der Waals surface area contributed by atoms with E-state index >= 15 is 0 Å². The third-order valence-corrected chi connectivity index (χ3v) is 10.7. The van der Waals surface area contributed by atoms with Crippen molar-refractivity contribution < 1.29 is 0 Å². The highest BCUT2D eigenvalue weighted by Gasteiger charge is 2.21. The van der Waals surface area contributed by atoms with Crippen molar-refractivity contribution in [1.29, 1.82) is 0 Å². The molecule has 0 heteroatoms. The molecule has 2 unspecified atom stereocenters. The Bertz CT molecular complexity index is 906. The van der Waals surface area contributed by atoms with Gasteiger partial charge in [0.1, 0.15) is 0 Å². The van der Waals surface area contributed by atoms with E-state index in [1.807, 2.05) is 0 Å². The van der Waals surface area contributed by atoms with Crippen LogP contribution in [-0.4, -0.2) is 0 Å². The number of benzene rings is 2. The van der Waals surface area contributed by atoms with Crippen molar-refractivity contribution in [1.82, 2.24) is 0 Å². The van der Waals surface area contributed by atoms with Crippen LogP contribution in [0.4, 0.5) is 0 Å². The molecule has 2 saturated carbocycles. The molecule has 2 aromatic rings. The van der Waals surface area contributed by atoms with Crippen LogP contribution in [-0.2, 0) is 12.8 Å². The maximum Gasteiger partial charge on any atom is -0.0159 e. The van der Waals surface area contributed by atoms with E-state index in [1.54, 1.807) is 33.4 Å². The lowest BCUT2D eigenvalue weighted by atomic mass is 9.79. The summed E-state index contributed by atoms with van der Waals surface area (Å²) in [7, 11) is 0. The predicted octanol–water partition coefficient (Wildman–Crippen LogP) is 12.9. The van der Waals surface area contributed by atoms with Crippen LogP contribution in [0.5, 0.6) is 0 Å². The van der Waals surface area contributed by atoms with E-state index in [0.29, 0.717) is 11.8 Å². The Morgan fingerprint density at radius 3 is 1.32 bits per heavy atom. The number of hydrogen-bond donors (Lipinski definition) is 0. The summed E-state index contributed by atoms with van der Waals surface area (Å²) in [5.41, 5.74) is 10.0. The standard InChI is InChI=1S/C40H62/c1-5-17-31(3)37-27-25-35(39(29-37)33-19-13-9-14-20-33)23-11-7-8-12-24-36-26-28-38(32(4)18-6-2)30-40(36)34-21-15-10-16-22-34/h25-34H,5-24H2,1-4H3. The Morgan fingerprint density at radius 2 is 0.950 bits per heavy atom. The van der Waals surface area contributed by atoms with Crippen LogP contribution in [0.1, 0.15) is 200 Å². The lowest BCUT2D eigenvalue weighted by molar-refractivity contribution is 0.440. The number of hydrogen-bond acceptors (Lipinski definition) is 0. The molecule has 4 rings (SSSR count). The van der Waals surface area contributed by atoms with Crippen LogP contribution in [0.25, 0.3) is 0 Å². The second-order valence-corrected chi connectivity index (χ2v) is 13.9. The van der Waals surface area contributed by atoms with Crippen molar-refractivity contribution in [3.05, 3.63) is 69.8 Å². The van der Waals surface area contributed by atoms with Crippen molar-refractivity contribution >= 4 is 0 Å². The lowest BCUT2D eigenvalue weighted by Gasteiger charge is -2.26. The van der Waals surface area contributed by atoms with Crippen molar-refractivity contribution in [3.63, 3.8) is 0 Å². The predicted molar refractivity (Wildman–Crippen MR) is 177 cm³/mol. The van der Waals surface area contributed by atoms with Gasteiger partial charge in [-0.25, -0.2) is 0 Å². The van der Waals surface area contributed by atoms with Crippen LogP contribution in [0.15, 0.2) is 36.4 Å². The van der Waals surface area contributed by atoms with E-state index < -0.39 is 0 Å². The monoisotopic (exact) mass is 542 g/mol. The van der Waals surface area contributed by atoms with E-state index in [9.17, 15) is 0 Å². The molecule has 0 aromatic heterocycles. The summed E-state index contributed by atoms with van der Waals surface area (Å²) >= 11 is 0. The second-order valence-electron chi connectivity index (χ2n) is 13.9. The molecule has 2 aliphatic carbocycles. The molecule has 0 amide bonds. The summed E-state index contributed by atoms with van der Waals surface area (Å²) in [5.74, 6) is 3.03. The maximum absolute atomic E-state index is 2.64. The smallest absolute Gasteiger partial charge is 0.0159 e. The zero-order valence-corrected chi connectivity index (χ0v) is 26.9. The van der Waals surface area contributed by atoms with Gasteiger partial charge in [-0.3, -0.25) is 0 Å². The molecule has 2 aromatic carbocycles. The minimum absolute atomic E-state index is 0.698. The number of aryl methyl sites for hydroxylation is 2. The van der Waals surface area contributed by atoms with Crippen molar-refractivity contribution in [2.24, 2.45) is 0 Å². The highest BCUT2D eigenvalue weighted by molar-refractivity contribution is 5.38. The van der Waals surface area contributed by atoms with Gasteiger partial charge in [0.2, 0.25) is 0 Å². The molecule has 0 aliphatic heterocycles. The Kier molecular flexibility index (Phi) is 13.2. The largest absolute Gasteiger partial charge is 0.0654 e. The Labute approximate surface area is 249 Å². The minimum atomic E-state index is 0.698. The van der Waals surface area contributed by atoms with Gasteiger partial charge in [0, 0.05) is 0 Å². The van der Waals surface area contributed by atoms with Gasteiger partial charge in [-0.1, -0.05) is 128 Å². The average Bonchev–Trinajstić information content (AvgIpc) is 3.00.